The first-order valence-corrected chi connectivity index (χ1v) is 10.3. The summed E-state index contributed by atoms with van der Waals surface area (Å²) in [6.07, 6.45) is 5.12. The number of hydrogen-bond donors (Lipinski definition) is 0. The Balaban J connectivity index is 1.38. The number of nitrogens with zero attached hydrogens (tertiary/aromatic N) is 3. The van der Waals surface area contributed by atoms with Gasteiger partial charge in [-0.25, -0.2) is 0 Å². The van der Waals surface area contributed by atoms with Crippen LogP contribution in [0.15, 0.2) is 16.5 Å². The van der Waals surface area contributed by atoms with Crippen molar-refractivity contribution in [3.05, 3.63) is 23.7 Å². The van der Waals surface area contributed by atoms with Crippen LogP contribution >= 0.6 is 0 Å². The molecule has 2 amide bonds. The predicted molar refractivity (Wildman–Crippen MR) is 102 cm³/mol. The number of carbonyl (C=O) groups excluding carboxylic acids is 2. The number of piperidine rings is 2. The lowest BCUT2D eigenvalue weighted by Crippen LogP contribution is -2.48. The summed E-state index contributed by atoms with van der Waals surface area (Å²) in [6, 6.07) is 3.72. The van der Waals surface area contributed by atoms with Gasteiger partial charge in [0.05, 0.1) is 12.0 Å². The Hall–Kier alpha value is -1.82. The summed E-state index contributed by atoms with van der Waals surface area (Å²) in [7, 11) is 1.87. The van der Waals surface area contributed by atoms with Crippen molar-refractivity contribution in [2.45, 2.75) is 45.6 Å². The van der Waals surface area contributed by atoms with Gasteiger partial charge in [0.2, 0.25) is 5.91 Å². The minimum Gasteiger partial charge on any atom is -0.455 e. The molecule has 0 aliphatic carbocycles. The summed E-state index contributed by atoms with van der Waals surface area (Å²) < 4.78 is 5.88. The van der Waals surface area contributed by atoms with Gasteiger partial charge in [-0.2, -0.15) is 0 Å². The van der Waals surface area contributed by atoms with Gasteiger partial charge in [-0.3, -0.25) is 14.5 Å². The van der Waals surface area contributed by atoms with Crippen molar-refractivity contribution in [2.75, 3.05) is 39.8 Å². The van der Waals surface area contributed by atoms with E-state index in [1.54, 1.807) is 6.07 Å². The molecule has 0 bridgehead atoms. The molecule has 1 spiro atoms. The van der Waals surface area contributed by atoms with Gasteiger partial charge in [-0.1, -0.05) is 6.92 Å². The molecule has 4 rings (SSSR count). The van der Waals surface area contributed by atoms with Crippen LogP contribution in [0.3, 0.4) is 0 Å². The molecule has 0 N–H and O–H groups in total. The zero-order chi connectivity index (χ0) is 19.0. The van der Waals surface area contributed by atoms with Gasteiger partial charge in [0.1, 0.15) is 5.76 Å². The number of amides is 2. The molecule has 27 heavy (non-hydrogen) atoms. The predicted octanol–water partition coefficient (Wildman–Crippen LogP) is 2.60. The fourth-order valence-electron chi connectivity index (χ4n) is 4.87. The molecule has 1 aromatic rings. The molecule has 0 unspecified atom stereocenters. The van der Waals surface area contributed by atoms with E-state index < -0.39 is 0 Å². The Labute approximate surface area is 161 Å². The molecule has 3 saturated heterocycles. The highest BCUT2D eigenvalue weighted by molar-refractivity contribution is 5.93. The van der Waals surface area contributed by atoms with Crippen molar-refractivity contribution in [2.24, 2.45) is 11.3 Å². The summed E-state index contributed by atoms with van der Waals surface area (Å²) in [5.41, 5.74) is -0.372. The third kappa shape index (κ3) is 3.64. The van der Waals surface area contributed by atoms with E-state index in [0.29, 0.717) is 18.8 Å². The maximum absolute atomic E-state index is 12.9. The largest absolute Gasteiger partial charge is 0.455 e. The quantitative estimate of drug-likeness (QED) is 0.817. The van der Waals surface area contributed by atoms with Crippen molar-refractivity contribution in [3.8, 4) is 0 Å². The van der Waals surface area contributed by atoms with E-state index in [9.17, 15) is 9.59 Å². The first-order valence-electron chi connectivity index (χ1n) is 10.3. The van der Waals surface area contributed by atoms with E-state index >= 15 is 0 Å². The highest BCUT2D eigenvalue weighted by Crippen LogP contribution is 2.40. The molecule has 3 aliphatic heterocycles. The lowest BCUT2D eigenvalue weighted by molar-refractivity contribution is -0.143. The minimum atomic E-state index is -0.372. The summed E-state index contributed by atoms with van der Waals surface area (Å²) in [5.74, 6) is 2.19. The second kappa shape index (κ2) is 7.30. The van der Waals surface area contributed by atoms with Gasteiger partial charge in [-0.05, 0) is 63.2 Å². The molecular formula is C21H31N3O3. The third-order valence-electron chi connectivity index (χ3n) is 6.72. The number of likely N-dealkylation sites (tertiary alicyclic amines) is 3. The van der Waals surface area contributed by atoms with Crippen LogP contribution in [0.2, 0.25) is 0 Å². The summed E-state index contributed by atoms with van der Waals surface area (Å²) in [4.78, 5) is 31.6. The van der Waals surface area contributed by atoms with E-state index in [-0.39, 0.29) is 17.2 Å². The minimum absolute atomic E-state index is 0.0774. The highest BCUT2D eigenvalue weighted by Gasteiger charge is 2.48. The Kier molecular flexibility index (Phi) is 5.01. The van der Waals surface area contributed by atoms with E-state index in [1.165, 1.54) is 12.8 Å². The van der Waals surface area contributed by atoms with Crippen LogP contribution in [0.1, 0.15) is 55.3 Å². The topological polar surface area (TPSA) is 57.0 Å². The summed E-state index contributed by atoms with van der Waals surface area (Å²) >= 11 is 0. The van der Waals surface area contributed by atoms with Crippen molar-refractivity contribution in [3.63, 3.8) is 0 Å². The van der Waals surface area contributed by atoms with Crippen LogP contribution in [-0.2, 0) is 11.3 Å². The van der Waals surface area contributed by atoms with Crippen LogP contribution < -0.4 is 0 Å². The third-order valence-corrected chi connectivity index (χ3v) is 6.72. The van der Waals surface area contributed by atoms with Crippen molar-refractivity contribution in [1.82, 2.24) is 14.7 Å². The molecule has 148 valence electrons. The normalized spacial score (nSPS) is 27.7. The van der Waals surface area contributed by atoms with Crippen molar-refractivity contribution in [1.29, 1.82) is 0 Å². The highest BCUT2D eigenvalue weighted by atomic mass is 16.4. The Morgan fingerprint density at radius 3 is 2.74 bits per heavy atom. The SMILES string of the molecule is CC1CCN(Cc2ccc(C(=O)N3CC[C@@]4(CCCN(C)C4=O)C3)o2)CC1. The number of hydrogen-bond acceptors (Lipinski definition) is 4. The van der Waals surface area contributed by atoms with E-state index in [1.807, 2.05) is 22.9 Å². The summed E-state index contributed by atoms with van der Waals surface area (Å²) in [5, 5.41) is 0. The lowest BCUT2D eigenvalue weighted by Gasteiger charge is -2.37. The Bertz CT molecular complexity index is 707. The van der Waals surface area contributed by atoms with Gasteiger partial charge < -0.3 is 14.2 Å². The standard InChI is InChI=1S/C21H31N3O3/c1-16-6-11-23(12-7-16)14-17-4-5-18(27-17)19(25)24-13-9-21(15-24)8-3-10-22(2)20(21)26/h4-5,16H,3,6-15H2,1-2H3/t21-/m0/s1. The van der Waals surface area contributed by atoms with E-state index in [0.717, 1.165) is 57.1 Å². The monoisotopic (exact) mass is 373 g/mol. The van der Waals surface area contributed by atoms with Crippen LogP contribution in [0, 0.1) is 11.3 Å². The second-order valence-electron chi connectivity index (χ2n) is 8.81. The molecule has 1 atom stereocenters. The first kappa shape index (κ1) is 18.5. The molecule has 6 nitrogen and oxygen atoms in total. The van der Waals surface area contributed by atoms with Gasteiger partial charge in [0.25, 0.3) is 5.91 Å². The first-order chi connectivity index (χ1) is 13.0. The van der Waals surface area contributed by atoms with Gasteiger partial charge in [-0.15, -0.1) is 0 Å². The molecule has 0 saturated carbocycles. The maximum Gasteiger partial charge on any atom is 0.289 e. The summed E-state index contributed by atoms with van der Waals surface area (Å²) in [6.45, 7) is 7.25. The molecule has 3 fully saturated rings. The molecular weight excluding hydrogens is 342 g/mol. The average molecular weight is 373 g/mol. The van der Waals surface area contributed by atoms with Gasteiger partial charge >= 0.3 is 0 Å². The number of furan rings is 1. The number of rotatable bonds is 3. The van der Waals surface area contributed by atoms with Gasteiger partial charge in [0, 0.05) is 26.7 Å². The van der Waals surface area contributed by atoms with Crippen LogP contribution in [0.5, 0.6) is 0 Å². The molecule has 6 heteroatoms. The van der Waals surface area contributed by atoms with Crippen molar-refractivity contribution < 1.29 is 14.0 Å². The lowest BCUT2D eigenvalue weighted by atomic mass is 9.78. The fraction of sp³-hybridized carbons (Fsp3) is 0.714. The smallest absolute Gasteiger partial charge is 0.289 e. The van der Waals surface area contributed by atoms with E-state index in [2.05, 4.69) is 11.8 Å². The zero-order valence-corrected chi connectivity index (χ0v) is 16.6. The fourth-order valence-corrected chi connectivity index (χ4v) is 4.87. The Morgan fingerprint density at radius 1 is 1.19 bits per heavy atom. The van der Waals surface area contributed by atoms with E-state index in [4.69, 9.17) is 4.42 Å². The molecule has 0 radical (unpaired) electrons. The molecule has 1 aromatic heterocycles. The molecule has 3 aliphatic rings. The van der Waals surface area contributed by atoms with Crippen molar-refractivity contribution >= 4 is 11.8 Å². The zero-order valence-electron chi connectivity index (χ0n) is 16.6. The van der Waals surface area contributed by atoms with Crippen LogP contribution in [0.4, 0.5) is 0 Å². The average Bonchev–Trinajstić information content (AvgIpc) is 3.29. The van der Waals surface area contributed by atoms with Gasteiger partial charge in [0.15, 0.2) is 5.76 Å². The second-order valence-corrected chi connectivity index (χ2v) is 8.81. The number of carbonyl (C=O) groups is 2. The Morgan fingerprint density at radius 2 is 1.96 bits per heavy atom. The molecule has 0 aromatic carbocycles. The van der Waals surface area contributed by atoms with Crippen LogP contribution in [-0.4, -0.2) is 66.3 Å². The maximum atomic E-state index is 12.9. The van der Waals surface area contributed by atoms with Crippen LogP contribution in [0.25, 0.3) is 0 Å². The molecule has 4 heterocycles.